The summed E-state index contributed by atoms with van der Waals surface area (Å²) in [5.41, 5.74) is 4.89. The molecular formula is C28H45NO9. The normalized spacial score (nSPS) is 42.2. The molecule has 4 rings (SSSR count). The Morgan fingerprint density at radius 2 is 1.63 bits per heavy atom. The Labute approximate surface area is 224 Å². The molecule has 10 heteroatoms. The Hall–Kier alpha value is -1.75. The summed E-state index contributed by atoms with van der Waals surface area (Å²) >= 11 is 0. The summed E-state index contributed by atoms with van der Waals surface area (Å²) in [5.74, 6) is -1.79. The average Bonchev–Trinajstić information content (AvgIpc) is 3.21. The fourth-order valence-corrected chi connectivity index (χ4v) is 9.51. The standard InChI is InChI=1S/C28H45NO9/c1-15(6-9-24(29)32)19-7-8-20-25-21(13-23(27(19,20)5)36-17(3)31)26(4)10-11-28(37-33,38-34)14-18(26)12-22(25)35-16(2)30/h15,18-23,25,33-34H,6-14H2,1-5H3,(H2,29,32)/t15-,18-,19-,20+,21+,22-,23+,25+,26+,27-/m1/s1. The molecular weight excluding hydrogens is 494 g/mol. The molecule has 0 spiro atoms. The van der Waals surface area contributed by atoms with E-state index in [4.69, 9.17) is 15.2 Å². The Morgan fingerprint density at radius 1 is 0.974 bits per heavy atom. The van der Waals surface area contributed by atoms with Gasteiger partial charge in [0, 0.05) is 44.4 Å². The molecule has 0 radical (unpaired) electrons. The van der Waals surface area contributed by atoms with Crippen LogP contribution in [0.1, 0.15) is 92.4 Å². The lowest BCUT2D eigenvalue weighted by atomic mass is 9.42. The largest absolute Gasteiger partial charge is 0.462 e. The zero-order chi connectivity index (χ0) is 28.0. The second kappa shape index (κ2) is 10.7. The van der Waals surface area contributed by atoms with Crippen LogP contribution in [0.5, 0.6) is 0 Å². The lowest BCUT2D eigenvalue weighted by molar-refractivity contribution is -0.500. The van der Waals surface area contributed by atoms with Gasteiger partial charge in [-0.1, -0.05) is 20.8 Å². The topological polar surface area (TPSA) is 155 Å². The lowest BCUT2D eigenvalue weighted by Gasteiger charge is -2.64. The Kier molecular flexibility index (Phi) is 8.21. The van der Waals surface area contributed by atoms with Crippen LogP contribution < -0.4 is 5.73 Å². The zero-order valence-electron chi connectivity index (χ0n) is 23.3. The van der Waals surface area contributed by atoms with Gasteiger partial charge < -0.3 is 15.2 Å². The van der Waals surface area contributed by atoms with Crippen LogP contribution in [0.25, 0.3) is 0 Å². The number of nitrogens with two attached hydrogens (primary N) is 1. The number of fused-ring (bicyclic) bond motifs is 5. The van der Waals surface area contributed by atoms with Gasteiger partial charge in [-0.2, -0.15) is 0 Å². The third-order valence-electron chi connectivity index (χ3n) is 11.3. The number of carbonyl (C=O) groups is 3. The van der Waals surface area contributed by atoms with E-state index in [1.54, 1.807) is 0 Å². The van der Waals surface area contributed by atoms with Gasteiger partial charge in [0.2, 0.25) is 11.7 Å². The fourth-order valence-electron chi connectivity index (χ4n) is 9.51. The van der Waals surface area contributed by atoms with E-state index < -0.39 is 5.79 Å². The van der Waals surface area contributed by atoms with Crippen LogP contribution in [-0.2, 0) is 33.6 Å². The number of rotatable bonds is 8. The average molecular weight is 540 g/mol. The molecule has 4 fully saturated rings. The van der Waals surface area contributed by atoms with Gasteiger partial charge in [-0.25, -0.2) is 20.3 Å². The molecule has 10 atom stereocenters. The van der Waals surface area contributed by atoms with E-state index in [1.165, 1.54) is 13.8 Å². The van der Waals surface area contributed by atoms with Gasteiger partial charge in [-0.05, 0) is 73.5 Å². The van der Waals surface area contributed by atoms with Crippen molar-refractivity contribution >= 4 is 17.8 Å². The van der Waals surface area contributed by atoms with E-state index in [1.807, 2.05) is 0 Å². The van der Waals surface area contributed by atoms with E-state index in [0.29, 0.717) is 38.5 Å². The minimum absolute atomic E-state index is 0.0600. The van der Waals surface area contributed by atoms with E-state index in [-0.39, 0.29) is 82.8 Å². The molecule has 1 amide bonds. The molecule has 4 aliphatic rings. The summed E-state index contributed by atoms with van der Waals surface area (Å²) in [7, 11) is 0. The number of esters is 2. The molecule has 4 aliphatic carbocycles. The molecule has 38 heavy (non-hydrogen) atoms. The third-order valence-corrected chi connectivity index (χ3v) is 11.3. The van der Waals surface area contributed by atoms with Crippen molar-refractivity contribution in [3.8, 4) is 0 Å². The second-order valence-corrected chi connectivity index (χ2v) is 13.0. The van der Waals surface area contributed by atoms with Gasteiger partial charge in [0.25, 0.3) is 0 Å². The summed E-state index contributed by atoms with van der Waals surface area (Å²) in [6.07, 6.45) is 4.57. The SMILES string of the molecule is CC(=O)O[C@H]1C[C@H]2[C@@H]([C@H](OC(C)=O)C[C@@H]3CC(OO)(OO)CC[C@@]32C)[C@@H]2CC[C@H]([C@H](C)CCC(N)=O)[C@@]12C. The molecule has 0 unspecified atom stereocenters. The lowest BCUT2D eigenvalue weighted by Crippen LogP contribution is -2.64. The quantitative estimate of drug-likeness (QED) is 0.177. The molecule has 216 valence electrons. The Balaban J connectivity index is 1.74. The first-order valence-electron chi connectivity index (χ1n) is 14.1. The van der Waals surface area contributed by atoms with Crippen LogP contribution in [0.2, 0.25) is 0 Å². The summed E-state index contributed by atoms with van der Waals surface area (Å²) in [6, 6.07) is 0. The highest BCUT2D eigenvalue weighted by Crippen LogP contribution is 2.70. The van der Waals surface area contributed by atoms with Crippen LogP contribution in [-0.4, -0.2) is 46.4 Å². The number of ether oxygens (including phenoxy) is 2. The molecule has 0 aromatic rings. The van der Waals surface area contributed by atoms with Gasteiger partial charge >= 0.3 is 11.9 Å². The molecule has 10 nitrogen and oxygen atoms in total. The first kappa shape index (κ1) is 29.2. The van der Waals surface area contributed by atoms with Crippen LogP contribution in [0.4, 0.5) is 0 Å². The third kappa shape index (κ3) is 4.86. The zero-order valence-corrected chi connectivity index (χ0v) is 23.3. The van der Waals surface area contributed by atoms with Gasteiger partial charge in [0.05, 0.1) is 0 Å². The smallest absolute Gasteiger partial charge is 0.302 e. The van der Waals surface area contributed by atoms with Gasteiger partial charge in [0.1, 0.15) is 12.2 Å². The van der Waals surface area contributed by atoms with Gasteiger partial charge in [-0.3, -0.25) is 14.4 Å². The molecule has 0 aliphatic heterocycles. The van der Waals surface area contributed by atoms with Crippen molar-refractivity contribution in [2.45, 2.75) is 110 Å². The Bertz CT molecular complexity index is 922. The van der Waals surface area contributed by atoms with Crippen molar-refractivity contribution in [2.75, 3.05) is 0 Å². The number of hydrogen-bond donors (Lipinski definition) is 3. The van der Waals surface area contributed by atoms with Crippen LogP contribution >= 0.6 is 0 Å². The van der Waals surface area contributed by atoms with Crippen molar-refractivity contribution < 1.29 is 44.1 Å². The van der Waals surface area contributed by atoms with Crippen molar-refractivity contribution in [1.82, 2.24) is 0 Å². The van der Waals surface area contributed by atoms with E-state index in [0.717, 1.165) is 12.8 Å². The van der Waals surface area contributed by atoms with E-state index in [9.17, 15) is 24.9 Å². The predicted octanol–water partition coefficient (Wildman–Crippen LogP) is 4.31. The van der Waals surface area contributed by atoms with Crippen LogP contribution in [0.15, 0.2) is 0 Å². The molecule has 4 saturated carbocycles. The molecule has 4 N–H and O–H groups in total. The summed E-state index contributed by atoms with van der Waals surface area (Å²) in [5, 5.41) is 19.1. The number of primary amides is 1. The maximum Gasteiger partial charge on any atom is 0.302 e. The van der Waals surface area contributed by atoms with Crippen molar-refractivity contribution in [1.29, 1.82) is 0 Å². The maximum atomic E-state index is 12.4. The number of amides is 1. The molecule has 0 saturated heterocycles. The predicted molar refractivity (Wildman–Crippen MR) is 135 cm³/mol. The number of carbonyl (C=O) groups excluding carboxylic acids is 3. The summed E-state index contributed by atoms with van der Waals surface area (Å²) in [4.78, 5) is 45.5. The molecule has 0 bridgehead atoms. The fraction of sp³-hybridized carbons (Fsp3) is 0.893. The van der Waals surface area contributed by atoms with Crippen LogP contribution in [0, 0.1) is 46.3 Å². The first-order valence-corrected chi connectivity index (χ1v) is 14.1. The monoisotopic (exact) mass is 539 g/mol. The minimum atomic E-state index is -1.51. The summed E-state index contributed by atoms with van der Waals surface area (Å²) in [6.45, 7) is 9.49. The maximum absolute atomic E-state index is 12.4. The van der Waals surface area contributed by atoms with E-state index >= 15 is 0 Å². The second-order valence-electron chi connectivity index (χ2n) is 13.0. The highest BCUT2D eigenvalue weighted by Gasteiger charge is 2.68. The summed E-state index contributed by atoms with van der Waals surface area (Å²) < 4.78 is 12.1. The molecule has 0 aromatic carbocycles. The van der Waals surface area contributed by atoms with Crippen molar-refractivity contribution in [3.63, 3.8) is 0 Å². The van der Waals surface area contributed by atoms with Crippen molar-refractivity contribution in [2.24, 2.45) is 52.1 Å². The van der Waals surface area contributed by atoms with Crippen molar-refractivity contribution in [3.05, 3.63) is 0 Å². The first-order chi connectivity index (χ1) is 17.8. The highest BCUT2D eigenvalue weighted by atomic mass is 17.2. The van der Waals surface area contributed by atoms with Gasteiger partial charge in [-0.15, -0.1) is 0 Å². The van der Waals surface area contributed by atoms with E-state index in [2.05, 4.69) is 30.5 Å². The van der Waals surface area contributed by atoms with Crippen LogP contribution in [0.3, 0.4) is 0 Å². The Morgan fingerprint density at radius 3 is 2.21 bits per heavy atom. The van der Waals surface area contributed by atoms with Gasteiger partial charge in [0.15, 0.2) is 0 Å². The number of hydrogen-bond acceptors (Lipinski definition) is 9. The minimum Gasteiger partial charge on any atom is -0.462 e. The molecule has 0 aromatic heterocycles. The molecule has 0 heterocycles. The highest BCUT2D eigenvalue weighted by molar-refractivity contribution is 5.73.